The summed E-state index contributed by atoms with van der Waals surface area (Å²) in [5, 5.41) is 2.92. The highest BCUT2D eigenvalue weighted by Crippen LogP contribution is 2.28. The maximum Gasteiger partial charge on any atom is 0.263 e. The normalized spacial score (nSPS) is 13.7. The second-order valence-corrected chi connectivity index (χ2v) is 6.58. The first kappa shape index (κ1) is 18.9. The van der Waals surface area contributed by atoms with Crippen molar-refractivity contribution in [2.45, 2.75) is 6.54 Å². The highest BCUT2D eigenvalue weighted by molar-refractivity contribution is 5.94. The third-order valence-corrected chi connectivity index (χ3v) is 4.58. The molecule has 1 aliphatic heterocycles. The Morgan fingerprint density at radius 3 is 2.48 bits per heavy atom. The van der Waals surface area contributed by atoms with Gasteiger partial charge in [0.2, 0.25) is 0 Å². The monoisotopic (exact) mass is 390 g/mol. The van der Waals surface area contributed by atoms with Gasteiger partial charge in [-0.1, -0.05) is 30.3 Å². The molecule has 1 amide bonds. The van der Waals surface area contributed by atoms with Crippen LogP contribution in [0.1, 0.15) is 15.9 Å². The summed E-state index contributed by atoms with van der Waals surface area (Å²) < 4.78 is 11.3. The van der Waals surface area contributed by atoms with Gasteiger partial charge >= 0.3 is 0 Å². The largest absolute Gasteiger partial charge is 0.436 e. The quantitative estimate of drug-likeness (QED) is 0.697. The molecule has 1 aromatic heterocycles. The van der Waals surface area contributed by atoms with Crippen molar-refractivity contribution in [2.24, 2.45) is 0 Å². The minimum absolute atomic E-state index is 0.131. The summed E-state index contributed by atoms with van der Waals surface area (Å²) in [5.41, 5.74) is 1.62. The molecule has 0 atom stereocenters. The molecule has 0 saturated carbocycles. The number of hydrogen-bond donors (Lipinski definition) is 1. The average Bonchev–Trinajstić information content (AvgIpc) is 2.80. The standard InChI is InChI=1S/C22H22N4O3/c27-21(25-16-17-4-2-1-3-5-17)18-6-8-19(9-7-18)29-22-20(23-10-11-24-22)26-12-14-28-15-13-26/h1-11H,12-16H2,(H,25,27). The van der Waals surface area contributed by atoms with Crippen LogP contribution in [0.5, 0.6) is 11.6 Å². The van der Waals surface area contributed by atoms with Crippen LogP contribution in [0.2, 0.25) is 0 Å². The maximum absolute atomic E-state index is 12.4. The Kier molecular flexibility index (Phi) is 5.97. The molecule has 7 heteroatoms. The second-order valence-electron chi connectivity index (χ2n) is 6.58. The van der Waals surface area contributed by atoms with Crippen molar-refractivity contribution in [1.82, 2.24) is 15.3 Å². The van der Waals surface area contributed by atoms with Crippen molar-refractivity contribution in [1.29, 1.82) is 0 Å². The Morgan fingerprint density at radius 2 is 1.72 bits per heavy atom. The predicted octanol–water partition coefficient (Wildman–Crippen LogP) is 3.04. The van der Waals surface area contributed by atoms with Gasteiger partial charge < -0.3 is 19.7 Å². The molecule has 1 aliphatic rings. The first-order valence-electron chi connectivity index (χ1n) is 9.53. The van der Waals surface area contributed by atoms with Crippen molar-refractivity contribution in [3.63, 3.8) is 0 Å². The molecule has 0 unspecified atom stereocenters. The lowest BCUT2D eigenvalue weighted by atomic mass is 10.2. The molecule has 1 saturated heterocycles. The SMILES string of the molecule is O=C(NCc1ccccc1)c1ccc(Oc2nccnc2N2CCOCC2)cc1. The molecule has 0 aliphatic carbocycles. The average molecular weight is 390 g/mol. The summed E-state index contributed by atoms with van der Waals surface area (Å²) in [6, 6.07) is 16.8. The minimum atomic E-state index is -0.131. The van der Waals surface area contributed by atoms with Crippen LogP contribution in [0.15, 0.2) is 67.0 Å². The Hall–Kier alpha value is -3.45. The number of nitrogens with zero attached hydrogens (tertiary/aromatic N) is 3. The lowest BCUT2D eigenvalue weighted by Crippen LogP contribution is -2.37. The molecule has 4 rings (SSSR count). The Labute approximate surface area is 169 Å². The number of ether oxygens (including phenoxy) is 2. The third kappa shape index (κ3) is 4.89. The highest BCUT2D eigenvalue weighted by atomic mass is 16.5. The van der Waals surface area contributed by atoms with E-state index in [4.69, 9.17) is 9.47 Å². The molecule has 3 aromatic rings. The van der Waals surface area contributed by atoms with E-state index in [2.05, 4.69) is 20.2 Å². The van der Waals surface area contributed by atoms with E-state index in [0.717, 1.165) is 18.7 Å². The summed E-state index contributed by atoms with van der Waals surface area (Å²) in [6.07, 6.45) is 3.25. The summed E-state index contributed by atoms with van der Waals surface area (Å²) in [7, 11) is 0. The first-order chi connectivity index (χ1) is 14.3. The van der Waals surface area contributed by atoms with Gasteiger partial charge in [0, 0.05) is 37.6 Å². The number of amides is 1. The van der Waals surface area contributed by atoms with E-state index in [1.807, 2.05) is 30.3 Å². The maximum atomic E-state index is 12.4. The molecule has 1 fully saturated rings. The zero-order valence-electron chi connectivity index (χ0n) is 16.0. The number of carbonyl (C=O) groups is 1. The molecule has 1 N–H and O–H groups in total. The fourth-order valence-electron chi connectivity index (χ4n) is 3.05. The Bertz CT molecular complexity index is 942. The van der Waals surface area contributed by atoms with Crippen molar-refractivity contribution in [2.75, 3.05) is 31.2 Å². The zero-order valence-corrected chi connectivity index (χ0v) is 16.0. The molecule has 148 valence electrons. The fourth-order valence-corrected chi connectivity index (χ4v) is 3.05. The van der Waals surface area contributed by atoms with Crippen LogP contribution in [0.4, 0.5) is 5.82 Å². The van der Waals surface area contributed by atoms with E-state index in [1.54, 1.807) is 36.7 Å². The van der Waals surface area contributed by atoms with Crippen LogP contribution in [-0.4, -0.2) is 42.2 Å². The molecule has 7 nitrogen and oxygen atoms in total. The van der Waals surface area contributed by atoms with E-state index < -0.39 is 0 Å². The molecule has 0 radical (unpaired) electrons. The van der Waals surface area contributed by atoms with Gasteiger partial charge in [-0.2, -0.15) is 0 Å². The molecular weight excluding hydrogens is 368 g/mol. The van der Waals surface area contributed by atoms with Crippen LogP contribution in [-0.2, 0) is 11.3 Å². The summed E-state index contributed by atoms with van der Waals surface area (Å²) in [6.45, 7) is 3.29. The van der Waals surface area contributed by atoms with E-state index >= 15 is 0 Å². The molecular formula is C22H22N4O3. The number of nitrogens with one attached hydrogen (secondary N) is 1. The van der Waals surface area contributed by atoms with E-state index in [1.165, 1.54) is 0 Å². The molecule has 0 spiro atoms. The third-order valence-electron chi connectivity index (χ3n) is 4.58. The molecule has 2 aromatic carbocycles. The smallest absolute Gasteiger partial charge is 0.263 e. The number of aromatic nitrogens is 2. The number of carbonyl (C=O) groups excluding carboxylic acids is 1. The van der Waals surface area contributed by atoms with Crippen LogP contribution in [0.25, 0.3) is 0 Å². The Morgan fingerprint density at radius 1 is 1.00 bits per heavy atom. The van der Waals surface area contributed by atoms with Crippen molar-refractivity contribution in [3.05, 3.63) is 78.1 Å². The fraction of sp³-hybridized carbons (Fsp3) is 0.227. The van der Waals surface area contributed by atoms with E-state index in [0.29, 0.717) is 42.8 Å². The van der Waals surface area contributed by atoms with Crippen LogP contribution in [0, 0.1) is 0 Å². The van der Waals surface area contributed by atoms with Gasteiger partial charge in [-0.15, -0.1) is 0 Å². The van der Waals surface area contributed by atoms with Gasteiger partial charge in [0.15, 0.2) is 5.82 Å². The van der Waals surface area contributed by atoms with Crippen molar-refractivity contribution >= 4 is 11.7 Å². The minimum Gasteiger partial charge on any atom is -0.436 e. The summed E-state index contributed by atoms with van der Waals surface area (Å²) in [5.74, 6) is 1.60. The summed E-state index contributed by atoms with van der Waals surface area (Å²) >= 11 is 0. The van der Waals surface area contributed by atoms with Gasteiger partial charge in [-0.3, -0.25) is 4.79 Å². The van der Waals surface area contributed by atoms with E-state index in [9.17, 15) is 4.79 Å². The first-order valence-corrected chi connectivity index (χ1v) is 9.53. The lowest BCUT2D eigenvalue weighted by molar-refractivity contribution is 0.0951. The molecule has 2 heterocycles. The lowest BCUT2D eigenvalue weighted by Gasteiger charge is -2.28. The highest BCUT2D eigenvalue weighted by Gasteiger charge is 2.18. The van der Waals surface area contributed by atoms with Gasteiger partial charge in [0.05, 0.1) is 13.2 Å². The van der Waals surface area contributed by atoms with Gasteiger partial charge in [0.25, 0.3) is 11.8 Å². The predicted molar refractivity (Wildman–Crippen MR) is 109 cm³/mol. The van der Waals surface area contributed by atoms with E-state index in [-0.39, 0.29) is 5.91 Å². The van der Waals surface area contributed by atoms with Crippen LogP contribution >= 0.6 is 0 Å². The number of anilines is 1. The van der Waals surface area contributed by atoms with Gasteiger partial charge in [-0.05, 0) is 29.8 Å². The second kappa shape index (κ2) is 9.16. The number of benzene rings is 2. The number of morpholine rings is 1. The summed E-state index contributed by atoms with van der Waals surface area (Å²) in [4.78, 5) is 23.2. The van der Waals surface area contributed by atoms with Crippen LogP contribution in [0.3, 0.4) is 0 Å². The zero-order chi connectivity index (χ0) is 19.9. The van der Waals surface area contributed by atoms with Gasteiger partial charge in [0.1, 0.15) is 5.75 Å². The number of hydrogen-bond acceptors (Lipinski definition) is 6. The topological polar surface area (TPSA) is 76.6 Å². The van der Waals surface area contributed by atoms with Gasteiger partial charge in [-0.25, -0.2) is 9.97 Å². The number of rotatable bonds is 6. The molecule has 0 bridgehead atoms. The van der Waals surface area contributed by atoms with Crippen molar-refractivity contribution in [3.8, 4) is 11.6 Å². The van der Waals surface area contributed by atoms with Crippen molar-refractivity contribution < 1.29 is 14.3 Å². The Balaban J connectivity index is 1.40. The van der Waals surface area contributed by atoms with Crippen LogP contribution < -0.4 is 15.0 Å². The molecule has 29 heavy (non-hydrogen) atoms.